The van der Waals surface area contributed by atoms with Crippen molar-refractivity contribution in [2.75, 3.05) is 11.1 Å². The van der Waals surface area contributed by atoms with E-state index < -0.39 is 0 Å². The average molecular weight is 403 g/mol. The Balaban J connectivity index is 1.53. The summed E-state index contributed by atoms with van der Waals surface area (Å²) in [5, 5.41) is 19.1. The van der Waals surface area contributed by atoms with E-state index in [4.69, 9.17) is 11.6 Å². The van der Waals surface area contributed by atoms with Gasteiger partial charge in [0, 0.05) is 22.2 Å². The largest absolute Gasteiger partial charge is 0.301 e. The fourth-order valence-corrected chi connectivity index (χ4v) is 3.56. The first-order valence-corrected chi connectivity index (χ1v) is 9.74. The number of hydrogen-bond donors (Lipinski definition) is 1. The highest BCUT2D eigenvalue weighted by atomic mass is 35.5. The number of rotatable bonds is 5. The zero-order valence-electron chi connectivity index (χ0n) is 13.2. The molecule has 0 bridgehead atoms. The Kier molecular flexibility index (Phi) is 4.83. The second-order valence-corrected chi connectivity index (χ2v) is 7.43. The molecule has 10 heteroatoms. The summed E-state index contributed by atoms with van der Waals surface area (Å²) in [4.78, 5) is 16.0. The van der Waals surface area contributed by atoms with Crippen LogP contribution in [0.15, 0.2) is 53.1 Å². The van der Waals surface area contributed by atoms with Gasteiger partial charge in [-0.3, -0.25) is 4.79 Å². The molecule has 4 rings (SSSR count). The molecule has 0 aliphatic rings. The number of anilines is 1. The third-order valence-electron chi connectivity index (χ3n) is 3.39. The summed E-state index contributed by atoms with van der Waals surface area (Å²) in [6, 6.07) is 11.1. The maximum absolute atomic E-state index is 12.0. The molecule has 1 N–H and O–H groups in total. The number of nitrogens with one attached hydrogen (secondary N) is 1. The van der Waals surface area contributed by atoms with Crippen molar-refractivity contribution in [3.63, 3.8) is 0 Å². The standard InChI is InChI=1S/C16H11ClN6OS2/c17-11-3-1-10(2-4-11)12-5-6-13-20-21-16(23(13)22-12)26-9-14(24)19-15-18-7-8-25-15/h1-8H,9H2,(H,18,19,24). The normalized spacial score (nSPS) is 11.0. The summed E-state index contributed by atoms with van der Waals surface area (Å²) in [6.07, 6.45) is 1.64. The van der Waals surface area contributed by atoms with Gasteiger partial charge in [-0.05, 0) is 24.3 Å². The Hall–Kier alpha value is -2.49. The van der Waals surface area contributed by atoms with Gasteiger partial charge in [-0.25, -0.2) is 4.98 Å². The summed E-state index contributed by atoms with van der Waals surface area (Å²) in [6.45, 7) is 0. The summed E-state index contributed by atoms with van der Waals surface area (Å²) in [7, 11) is 0. The molecule has 0 unspecified atom stereocenters. The van der Waals surface area contributed by atoms with Gasteiger partial charge in [-0.2, -0.15) is 9.61 Å². The van der Waals surface area contributed by atoms with E-state index in [1.54, 1.807) is 16.1 Å². The van der Waals surface area contributed by atoms with Gasteiger partial charge in [0.25, 0.3) is 0 Å². The van der Waals surface area contributed by atoms with Crippen LogP contribution in [-0.2, 0) is 4.79 Å². The minimum atomic E-state index is -0.157. The molecule has 1 aromatic carbocycles. The molecule has 4 aromatic rings. The minimum Gasteiger partial charge on any atom is -0.301 e. The van der Waals surface area contributed by atoms with Gasteiger partial charge in [0.2, 0.25) is 11.1 Å². The second-order valence-electron chi connectivity index (χ2n) is 5.15. The van der Waals surface area contributed by atoms with E-state index in [-0.39, 0.29) is 11.7 Å². The number of amides is 1. The first-order valence-electron chi connectivity index (χ1n) is 7.49. The van der Waals surface area contributed by atoms with Crippen LogP contribution in [0.5, 0.6) is 0 Å². The summed E-state index contributed by atoms with van der Waals surface area (Å²) >= 11 is 8.57. The second kappa shape index (κ2) is 7.40. The highest BCUT2D eigenvalue weighted by Gasteiger charge is 2.12. The molecular formula is C16H11ClN6OS2. The molecule has 0 radical (unpaired) electrons. The monoisotopic (exact) mass is 402 g/mol. The Labute approximate surface area is 161 Å². The molecule has 0 saturated carbocycles. The molecule has 0 aliphatic carbocycles. The fraction of sp³-hybridized carbons (Fsp3) is 0.0625. The van der Waals surface area contributed by atoms with E-state index >= 15 is 0 Å². The molecule has 0 aliphatic heterocycles. The molecular weight excluding hydrogens is 392 g/mol. The van der Waals surface area contributed by atoms with Crippen LogP contribution in [-0.4, -0.2) is 36.5 Å². The maximum atomic E-state index is 12.0. The van der Waals surface area contributed by atoms with Crippen molar-refractivity contribution < 1.29 is 4.79 Å². The average Bonchev–Trinajstić information content (AvgIpc) is 3.30. The van der Waals surface area contributed by atoms with E-state index in [0.29, 0.717) is 21.0 Å². The van der Waals surface area contributed by atoms with Gasteiger partial charge in [0.15, 0.2) is 10.8 Å². The molecule has 1 amide bonds. The molecule has 0 atom stereocenters. The number of thiazole rings is 1. The number of hydrogen-bond acceptors (Lipinski definition) is 7. The number of nitrogens with zero attached hydrogens (tertiary/aromatic N) is 5. The predicted octanol–water partition coefficient (Wildman–Crippen LogP) is 3.63. The Bertz CT molecular complexity index is 1050. The molecule has 0 fully saturated rings. The fourth-order valence-electron chi connectivity index (χ4n) is 2.20. The first-order chi connectivity index (χ1) is 12.7. The number of carbonyl (C=O) groups excluding carboxylic acids is 1. The lowest BCUT2D eigenvalue weighted by Crippen LogP contribution is -2.14. The van der Waals surface area contributed by atoms with E-state index in [1.165, 1.54) is 23.1 Å². The third-order valence-corrected chi connectivity index (χ3v) is 5.25. The minimum absolute atomic E-state index is 0.157. The van der Waals surface area contributed by atoms with E-state index in [2.05, 4.69) is 25.6 Å². The smallest absolute Gasteiger partial charge is 0.236 e. The van der Waals surface area contributed by atoms with Gasteiger partial charge >= 0.3 is 0 Å². The molecule has 3 aromatic heterocycles. The van der Waals surface area contributed by atoms with E-state index in [1.807, 2.05) is 36.4 Å². The predicted molar refractivity (Wildman–Crippen MR) is 103 cm³/mol. The van der Waals surface area contributed by atoms with Gasteiger partial charge in [0.05, 0.1) is 11.4 Å². The summed E-state index contributed by atoms with van der Waals surface area (Å²) in [5.41, 5.74) is 2.32. The third kappa shape index (κ3) is 3.69. The number of aromatic nitrogens is 5. The quantitative estimate of drug-likeness (QED) is 0.513. The molecule has 0 saturated heterocycles. The number of carbonyl (C=O) groups is 1. The number of benzene rings is 1. The molecule has 130 valence electrons. The highest BCUT2D eigenvalue weighted by molar-refractivity contribution is 7.99. The van der Waals surface area contributed by atoms with Crippen LogP contribution in [0.4, 0.5) is 5.13 Å². The zero-order valence-corrected chi connectivity index (χ0v) is 15.6. The van der Waals surface area contributed by atoms with Crippen LogP contribution < -0.4 is 5.32 Å². The first kappa shape index (κ1) is 17.0. The van der Waals surface area contributed by atoms with Crippen LogP contribution in [0.2, 0.25) is 5.02 Å². The lowest BCUT2D eigenvalue weighted by atomic mass is 10.1. The van der Waals surface area contributed by atoms with Crippen molar-refractivity contribution in [3.05, 3.63) is 53.0 Å². The topological polar surface area (TPSA) is 85.1 Å². The lowest BCUT2D eigenvalue weighted by molar-refractivity contribution is -0.113. The summed E-state index contributed by atoms with van der Waals surface area (Å²) in [5.74, 6) is 0.0308. The number of thioether (sulfide) groups is 1. The molecule has 26 heavy (non-hydrogen) atoms. The molecule has 3 heterocycles. The van der Waals surface area contributed by atoms with E-state index in [9.17, 15) is 4.79 Å². The highest BCUT2D eigenvalue weighted by Crippen LogP contribution is 2.22. The van der Waals surface area contributed by atoms with Crippen LogP contribution in [0.25, 0.3) is 16.9 Å². The van der Waals surface area contributed by atoms with Crippen molar-refractivity contribution in [1.29, 1.82) is 0 Å². The SMILES string of the molecule is O=C(CSc1nnc2ccc(-c3ccc(Cl)cc3)nn12)Nc1nccs1. The van der Waals surface area contributed by atoms with Crippen molar-refractivity contribution in [2.24, 2.45) is 0 Å². The molecule has 7 nitrogen and oxygen atoms in total. The van der Waals surface area contributed by atoms with Crippen molar-refractivity contribution in [3.8, 4) is 11.3 Å². The van der Waals surface area contributed by atoms with Gasteiger partial charge in [0.1, 0.15) is 0 Å². The van der Waals surface area contributed by atoms with Crippen molar-refractivity contribution >= 4 is 51.4 Å². The number of fused-ring (bicyclic) bond motifs is 1. The Morgan fingerprint density at radius 3 is 2.81 bits per heavy atom. The van der Waals surface area contributed by atoms with Crippen LogP contribution in [0, 0.1) is 0 Å². The maximum Gasteiger partial charge on any atom is 0.236 e. The zero-order chi connectivity index (χ0) is 17.9. The Morgan fingerprint density at radius 2 is 2.04 bits per heavy atom. The Morgan fingerprint density at radius 1 is 1.19 bits per heavy atom. The van der Waals surface area contributed by atoms with Crippen LogP contribution >= 0.6 is 34.7 Å². The van der Waals surface area contributed by atoms with Crippen molar-refractivity contribution in [1.82, 2.24) is 24.8 Å². The van der Waals surface area contributed by atoms with Gasteiger partial charge < -0.3 is 5.32 Å². The number of halogens is 1. The van der Waals surface area contributed by atoms with E-state index in [0.717, 1.165) is 11.3 Å². The summed E-state index contributed by atoms with van der Waals surface area (Å²) < 4.78 is 1.63. The van der Waals surface area contributed by atoms with Gasteiger partial charge in [-0.1, -0.05) is 35.5 Å². The van der Waals surface area contributed by atoms with Crippen molar-refractivity contribution in [2.45, 2.75) is 5.16 Å². The molecule has 0 spiro atoms. The van der Waals surface area contributed by atoms with Gasteiger partial charge in [-0.15, -0.1) is 21.5 Å². The van der Waals surface area contributed by atoms with Crippen LogP contribution in [0.1, 0.15) is 0 Å². The lowest BCUT2D eigenvalue weighted by Gasteiger charge is -2.03. The van der Waals surface area contributed by atoms with Crippen LogP contribution in [0.3, 0.4) is 0 Å².